The third-order valence-electron chi connectivity index (χ3n) is 5.34. The van der Waals surface area contributed by atoms with Crippen LogP contribution in [0.5, 0.6) is 0 Å². The Hall–Kier alpha value is -2.64. The van der Waals surface area contributed by atoms with Crippen LogP contribution in [0.4, 0.5) is 0 Å². The van der Waals surface area contributed by atoms with Gasteiger partial charge in [0.25, 0.3) is 0 Å². The molecule has 4 rings (SSSR count). The van der Waals surface area contributed by atoms with Crippen LogP contribution in [0.15, 0.2) is 102 Å². The van der Waals surface area contributed by atoms with Crippen molar-refractivity contribution in [1.82, 2.24) is 5.32 Å². The van der Waals surface area contributed by atoms with Crippen LogP contribution in [0.1, 0.15) is 25.3 Å². The van der Waals surface area contributed by atoms with Gasteiger partial charge in [0.05, 0.1) is 6.04 Å². The van der Waals surface area contributed by atoms with Crippen molar-refractivity contribution >= 4 is 10.8 Å². The largest absolute Gasteiger partial charge is 0.307 e. The Morgan fingerprint density at radius 3 is 2.69 bits per heavy atom. The molecule has 130 valence electrons. The van der Waals surface area contributed by atoms with Gasteiger partial charge in [-0.15, -0.1) is 0 Å². The molecule has 0 aromatic heterocycles. The van der Waals surface area contributed by atoms with E-state index in [0.29, 0.717) is 12.0 Å². The molecule has 0 bridgehead atoms. The first-order valence-corrected chi connectivity index (χ1v) is 9.45. The third kappa shape index (κ3) is 3.11. The lowest BCUT2D eigenvalue weighted by Crippen LogP contribution is -2.29. The van der Waals surface area contributed by atoms with E-state index in [2.05, 4.69) is 104 Å². The summed E-state index contributed by atoms with van der Waals surface area (Å²) in [5, 5.41) is 6.21. The van der Waals surface area contributed by atoms with Gasteiger partial charge >= 0.3 is 0 Å². The van der Waals surface area contributed by atoms with Crippen LogP contribution in [0.25, 0.3) is 10.8 Å². The molecule has 0 spiro atoms. The van der Waals surface area contributed by atoms with Gasteiger partial charge in [-0.1, -0.05) is 91.9 Å². The van der Waals surface area contributed by atoms with Crippen molar-refractivity contribution in [3.63, 3.8) is 0 Å². The summed E-state index contributed by atoms with van der Waals surface area (Å²) in [7, 11) is 0. The van der Waals surface area contributed by atoms with Gasteiger partial charge < -0.3 is 5.32 Å². The first-order valence-electron chi connectivity index (χ1n) is 9.45. The van der Waals surface area contributed by atoms with Crippen molar-refractivity contribution in [2.75, 3.05) is 6.54 Å². The number of likely N-dealkylation sites (N-methyl/N-ethyl adjacent to an activating group) is 1. The maximum absolute atomic E-state index is 3.56. The molecule has 0 amide bonds. The lowest BCUT2D eigenvalue weighted by atomic mass is 9.91. The predicted octanol–water partition coefficient (Wildman–Crippen LogP) is 5.84. The second-order valence-electron chi connectivity index (χ2n) is 6.93. The van der Waals surface area contributed by atoms with Crippen LogP contribution in [0.3, 0.4) is 0 Å². The van der Waals surface area contributed by atoms with Crippen LogP contribution in [0.2, 0.25) is 0 Å². The molecule has 0 saturated carbocycles. The number of fused-ring (bicyclic) bond motifs is 1. The van der Waals surface area contributed by atoms with Crippen LogP contribution in [-0.2, 0) is 0 Å². The number of hydrogen-bond donors (Lipinski definition) is 1. The summed E-state index contributed by atoms with van der Waals surface area (Å²) in [5.74, 6) is 0.340. The van der Waals surface area contributed by atoms with Crippen molar-refractivity contribution in [1.29, 1.82) is 0 Å². The fraction of sp³-hybridized carbons (Fsp3) is 0.200. The predicted molar refractivity (Wildman–Crippen MR) is 112 cm³/mol. The number of allylic oxidation sites excluding steroid dienone is 7. The van der Waals surface area contributed by atoms with Crippen molar-refractivity contribution in [2.45, 2.75) is 25.8 Å². The monoisotopic (exact) mass is 339 g/mol. The second-order valence-corrected chi connectivity index (χ2v) is 6.93. The van der Waals surface area contributed by atoms with Gasteiger partial charge in [-0.3, -0.25) is 0 Å². The molecule has 0 heterocycles. The zero-order valence-corrected chi connectivity index (χ0v) is 15.4. The minimum atomic E-state index is 0.302. The second kappa shape index (κ2) is 7.31. The molecule has 2 aromatic carbocycles. The van der Waals surface area contributed by atoms with Gasteiger partial charge in [0.15, 0.2) is 0 Å². The fourth-order valence-corrected chi connectivity index (χ4v) is 3.96. The van der Waals surface area contributed by atoms with E-state index < -0.39 is 0 Å². The number of rotatable bonds is 4. The van der Waals surface area contributed by atoms with Gasteiger partial charge in [0, 0.05) is 5.92 Å². The highest BCUT2D eigenvalue weighted by molar-refractivity contribution is 5.87. The van der Waals surface area contributed by atoms with Gasteiger partial charge in [-0.05, 0) is 46.5 Å². The summed E-state index contributed by atoms with van der Waals surface area (Å²) < 4.78 is 0. The van der Waals surface area contributed by atoms with E-state index in [4.69, 9.17) is 0 Å². The van der Waals surface area contributed by atoms with Crippen LogP contribution >= 0.6 is 0 Å². The highest BCUT2D eigenvalue weighted by Crippen LogP contribution is 2.35. The quantitative estimate of drug-likeness (QED) is 0.738. The molecule has 26 heavy (non-hydrogen) atoms. The maximum atomic E-state index is 3.56. The summed E-state index contributed by atoms with van der Waals surface area (Å²) in [6.07, 6.45) is 15.7. The highest BCUT2D eigenvalue weighted by atomic mass is 14.9. The SMILES string of the molecule is CCNC1C=CC=C/C1=C(/C)C1=CC(c2cccc3ccccc23)C=C1. The molecule has 1 heteroatoms. The van der Waals surface area contributed by atoms with Gasteiger partial charge in [0.2, 0.25) is 0 Å². The van der Waals surface area contributed by atoms with E-state index in [1.165, 1.54) is 33.1 Å². The van der Waals surface area contributed by atoms with Crippen LogP contribution in [0, 0.1) is 0 Å². The summed E-state index contributed by atoms with van der Waals surface area (Å²) in [4.78, 5) is 0. The van der Waals surface area contributed by atoms with Gasteiger partial charge in [0.1, 0.15) is 0 Å². The van der Waals surface area contributed by atoms with Crippen molar-refractivity contribution < 1.29 is 0 Å². The zero-order chi connectivity index (χ0) is 17.9. The van der Waals surface area contributed by atoms with Crippen LogP contribution in [-0.4, -0.2) is 12.6 Å². The fourth-order valence-electron chi connectivity index (χ4n) is 3.96. The summed E-state index contributed by atoms with van der Waals surface area (Å²) >= 11 is 0. The Labute approximate surface area is 156 Å². The molecule has 0 fully saturated rings. The summed E-state index contributed by atoms with van der Waals surface area (Å²) in [5.41, 5.74) is 5.44. The molecule has 0 saturated heterocycles. The normalized spacial score (nSPS) is 23.5. The summed E-state index contributed by atoms with van der Waals surface area (Å²) in [6.45, 7) is 5.36. The lowest BCUT2D eigenvalue weighted by molar-refractivity contribution is 0.683. The molecular formula is C25H25N. The molecular weight excluding hydrogens is 314 g/mol. The topological polar surface area (TPSA) is 12.0 Å². The van der Waals surface area contributed by atoms with E-state index in [1.54, 1.807) is 0 Å². The van der Waals surface area contributed by atoms with E-state index >= 15 is 0 Å². The van der Waals surface area contributed by atoms with E-state index in [-0.39, 0.29) is 0 Å². The Kier molecular flexibility index (Phi) is 4.73. The summed E-state index contributed by atoms with van der Waals surface area (Å²) in [6, 6.07) is 15.6. The number of hydrogen-bond acceptors (Lipinski definition) is 1. The Morgan fingerprint density at radius 2 is 1.81 bits per heavy atom. The third-order valence-corrected chi connectivity index (χ3v) is 5.34. The molecule has 2 aliphatic carbocycles. The molecule has 0 aliphatic heterocycles. The number of benzene rings is 2. The first kappa shape index (κ1) is 16.8. The highest BCUT2D eigenvalue weighted by Gasteiger charge is 2.19. The Balaban J connectivity index is 1.70. The average Bonchev–Trinajstić information content (AvgIpc) is 3.18. The molecule has 2 atom stereocenters. The van der Waals surface area contributed by atoms with E-state index in [1.807, 2.05) is 0 Å². The molecule has 0 radical (unpaired) electrons. The van der Waals surface area contributed by atoms with Crippen molar-refractivity contribution in [2.24, 2.45) is 0 Å². The minimum Gasteiger partial charge on any atom is -0.307 e. The average molecular weight is 339 g/mol. The minimum absolute atomic E-state index is 0.302. The zero-order valence-electron chi connectivity index (χ0n) is 15.4. The van der Waals surface area contributed by atoms with E-state index in [0.717, 1.165) is 6.54 Å². The molecule has 1 N–H and O–H groups in total. The molecule has 1 nitrogen and oxygen atoms in total. The van der Waals surface area contributed by atoms with Crippen molar-refractivity contribution in [3.8, 4) is 0 Å². The number of nitrogens with one attached hydrogen (secondary N) is 1. The maximum Gasteiger partial charge on any atom is 0.0512 e. The standard InChI is InChI=1S/C25H25N/c1-3-26-25-14-7-6-11-22(25)18(2)20-15-16-21(17-20)24-13-8-10-19-9-4-5-12-23(19)24/h4-17,21,25-26H,3H2,1-2H3/b22-18+. The van der Waals surface area contributed by atoms with E-state index in [9.17, 15) is 0 Å². The smallest absolute Gasteiger partial charge is 0.0512 e. The first-order chi connectivity index (χ1) is 12.8. The lowest BCUT2D eigenvalue weighted by Gasteiger charge is -2.21. The Bertz CT molecular complexity index is 963. The molecule has 2 aliphatic rings. The van der Waals surface area contributed by atoms with Crippen molar-refractivity contribution in [3.05, 3.63) is 107 Å². The molecule has 2 aromatic rings. The Morgan fingerprint density at radius 1 is 0.962 bits per heavy atom. The molecule has 2 unspecified atom stereocenters. The van der Waals surface area contributed by atoms with Gasteiger partial charge in [-0.2, -0.15) is 0 Å². The van der Waals surface area contributed by atoms with Crippen LogP contribution < -0.4 is 5.32 Å². The van der Waals surface area contributed by atoms with Gasteiger partial charge in [-0.25, -0.2) is 0 Å².